The molecule has 0 amide bonds. The van der Waals surface area contributed by atoms with E-state index in [9.17, 15) is 4.79 Å². The molecule has 1 heterocycles. The highest BCUT2D eigenvalue weighted by Gasteiger charge is 2.23. The molecule has 74 valence electrons. The fraction of sp³-hybridized carbons (Fsp3) is 0.300. The highest BCUT2D eigenvalue weighted by atomic mass is 16.6. The highest BCUT2D eigenvalue weighted by Crippen LogP contribution is 2.12. The number of carbonyl (C=O) groups excluding carboxylic acids is 1. The zero-order valence-corrected chi connectivity index (χ0v) is 7.60. The van der Waals surface area contributed by atoms with Crippen LogP contribution in [-0.4, -0.2) is 25.3 Å². The van der Waals surface area contributed by atoms with Crippen LogP contribution in [0.2, 0.25) is 0 Å². The molecule has 1 fully saturated rings. The second kappa shape index (κ2) is 3.67. The van der Waals surface area contributed by atoms with E-state index in [1.807, 2.05) is 0 Å². The van der Waals surface area contributed by atoms with Gasteiger partial charge in [-0.15, -0.1) is 0 Å². The first-order valence-corrected chi connectivity index (χ1v) is 4.40. The number of hydrogen-bond acceptors (Lipinski definition) is 4. The molecule has 1 aromatic rings. The quantitative estimate of drug-likeness (QED) is 0.558. The van der Waals surface area contributed by atoms with Crippen molar-refractivity contribution in [2.75, 3.05) is 18.9 Å². The van der Waals surface area contributed by atoms with Gasteiger partial charge in [0.15, 0.2) is 0 Å². The predicted octanol–water partition coefficient (Wildman–Crippen LogP) is 0.824. The maximum Gasteiger partial charge on any atom is 0.338 e. The van der Waals surface area contributed by atoms with E-state index in [1.54, 1.807) is 24.3 Å². The molecule has 2 rings (SSSR count). The first kappa shape index (κ1) is 9.02. The number of carbonyl (C=O) groups is 1. The Balaban J connectivity index is 2.02. The molecule has 1 aromatic carbocycles. The molecule has 1 saturated heterocycles. The Hall–Kier alpha value is -1.55. The normalized spacial score (nSPS) is 16.0. The fourth-order valence-electron chi connectivity index (χ4n) is 1.17. The third-order valence-corrected chi connectivity index (χ3v) is 2.00. The number of esters is 1. The number of nitrogens with two attached hydrogens (primary N) is 1. The average molecular weight is 193 g/mol. The maximum atomic E-state index is 11.5. The van der Waals surface area contributed by atoms with Crippen LogP contribution in [0.3, 0.4) is 0 Å². The van der Waals surface area contributed by atoms with Crippen molar-refractivity contribution >= 4 is 11.7 Å². The second-order valence-corrected chi connectivity index (χ2v) is 3.19. The van der Waals surface area contributed by atoms with Gasteiger partial charge in [0.1, 0.15) is 6.10 Å². The number of nitrogen functional groups attached to an aromatic ring is 1. The molecule has 0 bridgehead atoms. The minimum atomic E-state index is -0.342. The van der Waals surface area contributed by atoms with E-state index in [4.69, 9.17) is 15.2 Å². The largest absolute Gasteiger partial charge is 0.454 e. The Kier molecular flexibility index (Phi) is 2.37. The lowest BCUT2D eigenvalue weighted by molar-refractivity contribution is -0.103. The van der Waals surface area contributed by atoms with Gasteiger partial charge in [-0.2, -0.15) is 0 Å². The lowest BCUT2D eigenvalue weighted by Crippen LogP contribution is -2.37. The average Bonchev–Trinajstić information content (AvgIpc) is 2.11. The minimum absolute atomic E-state index is 0.0936. The smallest absolute Gasteiger partial charge is 0.338 e. The van der Waals surface area contributed by atoms with Crippen LogP contribution in [0.1, 0.15) is 10.4 Å². The van der Waals surface area contributed by atoms with Gasteiger partial charge < -0.3 is 15.2 Å². The first-order chi connectivity index (χ1) is 6.75. The first-order valence-electron chi connectivity index (χ1n) is 4.40. The van der Waals surface area contributed by atoms with Gasteiger partial charge in [-0.25, -0.2) is 4.79 Å². The Morgan fingerprint density at radius 2 is 2.29 bits per heavy atom. The van der Waals surface area contributed by atoms with Gasteiger partial charge in [0, 0.05) is 5.69 Å². The minimum Gasteiger partial charge on any atom is -0.454 e. The Labute approximate surface area is 81.6 Å². The molecule has 1 aliphatic rings. The van der Waals surface area contributed by atoms with Crippen LogP contribution in [0, 0.1) is 0 Å². The zero-order valence-electron chi connectivity index (χ0n) is 7.60. The van der Waals surface area contributed by atoms with Gasteiger partial charge in [-0.1, -0.05) is 6.07 Å². The van der Waals surface area contributed by atoms with Crippen LogP contribution in [0.15, 0.2) is 24.3 Å². The summed E-state index contributed by atoms with van der Waals surface area (Å²) >= 11 is 0. The van der Waals surface area contributed by atoms with E-state index in [0.29, 0.717) is 24.5 Å². The van der Waals surface area contributed by atoms with E-state index in [-0.39, 0.29) is 12.1 Å². The van der Waals surface area contributed by atoms with Crippen LogP contribution in [0.5, 0.6) is 0 Å². The summed E-state index contributed by atoms with van der Waals surface area (Å²) in [5.74, 6) is -0.342. The number of anilines is 1. The standard InChI is InChI=1S/C10H11NO3/c11-8-3-1-2-7(4-8)10(12)14-9-5-13-6-9/h1-4,9H,5-6,11H2. The van der Waals surface area contributed by atoms with Gasteiger partial charge in [0.2, 0.25) is 0 Å². The summed E-state index contributed by atoms with van der Waals surface area (Å²) in [5, 5.41) is 0. The predicted molar refractivity (Wildman–Crippen MR) is 50.9 cm³/mol. The van der Waals surface area contributed by atoms with Crippen LogP contribution in [0.25, 0.3) is 0 Å². The van der Waals surface area contributed by atoms with Crippen LogP contribution in [0.4, 0.5) is 5.69 Å². The van der Waals surface area contributed by atoms with E-state index in [0.717, 1.165) is 0 Å². The molecular formula is C10H11NO3. The molecule has 0 saturated carbocycles. The maximum absolute atomic E-state index is 11.5. The number of rotatable bonds is 2. The van der Waals surface area contributed by atoms with Crippen molar-refractivity contribution in [3.63, 3.8) is 0 Å². The number of hydrogen-bond donors (Lipinski definition) is 1. The van der Waals surface area contributed by atoms with Crippen LogP contribution < -0.4 is 5.73 Å². The molecule has 4 heteroatoms. The van der Waals surface area contributed by atoms with Gasteiger partial charge in [0.05, 0.1) is 18.8 Å². The van der Waals surface area contributed by atoms with Crippen molar-refractivity contribution in [3.05, 3.63) is 29.8 Å². The molecule has 0 atom stereocenters. The van der Waals surface area contributed by atoms with E-state index in [2.05, 4.69) is 0 Å². The molecule has 0 radical (unpaired) electrons. The summed E-state index contributed by atoms with van der Waals surface area (Å²) in [7, 11) is 0. The lowest BCUT2D eigenvalue weighted by Gasteiger charge is -2.25. The lowest BCUT2D eigenvalue weighted by atomic mass is 10.2. The van der Waals surface area contributed by atoms with Crippen molar-refractivity contribution in [1.82, 2.24) is 0 Å². The number of benzene rings is 1. The molecule has 14 heavy (non-hydrogen) atoms. The van der Waals surface area contributed by atoms with Gasteiger partial charge in [0.25, 0.3) is 0 Å². The molecular weight excluding hydrogens is 182 g/mol. The van der Waals surface area contributed by atoms with Gasteiger partial charge in [-0.05, 0) is 18.2 Å². The Bertz CT molecular complexity index is 347. The highest BCUT2D eigenvalue weighted by molar-refractivity contribution is 5.90. The van der Waals surface area contributed by atoms with E-state index in [1.165, 1.54) is 0 Å². The van der Waals surface area contributed by atoms with Crippen molar-refractivity contribution in [1.29, 1.82) is 0 Å². The fourth-order valence-corrected chi connectivity index (χ4v) is 1.17. The Morgan fingerprint density at radius 1 is 1.50 bits per heavy atom. The zero-order chi connectivity index (χ0) is 9.97. The van der Waals surface area contributed by atoms with Crippen molar-refractivity contribution in [2.24, 2.45) is 0 Å². The number of ether oxygens (including phenoxy) is 2. The molecule has 2 N–H and O–H groups in total. The molecule has 0 unspecified atom stereocenters. The Morgan fingerprint density at radius 3 is 2.86 bits per heavy atom. The molecule has 0 spiro atoms. The van der Waals surface area contributed by atoms with Crippen LogP contribution in [-0.2, 0) is 9.47 Å². The van der Waals surface area contributed by atoms with Crippen molar-refractivity contribution < 1.29 is 14.3 Å². The second-order valence-electron chi connectivity index (χ2n) is 3.19. The van der Waals surface area contributed by atoms with Gasteiger partial charge >= 0.3 is 5.97 Å². The summed E-state index contributed by atoms with van der Waals surface area (Å²) in [6.07, 6.45) is -0.0936. The molecule has 0 aromatic heterocycles. The summed E-state index contributed by atoms with van der Waals surface area (Å²) in [6.45, 7) is 0.988. The van der Waals surface area contributed by atoms with Crippen LogP contribution >= 0.6 is 0 Å². The third-order valence-electron chi connectivity index (χ3n) is 2.00. The van der Waals surface area contributed by atoms with E-state index >= 15 is 0 Å². The molecule has 1 aliphatic heterocycles. The SMILES string of the molecule is Nc1cccc(C(=O)OC2COC2)c1. The molecule has 0 aliphatic carbocycles. The third kappa shape index (κ3) is 1.85. The topological polar surface area (TPSA) is 61.6 Å². The summed E-state index contributed by atoms with van der Waals surface area (Å²) < 4.78 is 10.0. The van der Waals surface area contributed by atoms with Crippen molar-refractivity contribution in [2.45, 2.75) is 6.10 Å². The summed E-state index contributed by atoms with van der Waals surface area (Å²) in [4.78, 5) is 11.5. The van der Waals surface area contributed by atoms with Gasteiger partial charge in [-0.3, -0.25) is 0 Å². The summed E-state index contributed by atoms with van der Waals surface area (Å²) in [5.41, 5.74) is 6.58. The van der Waals surface area contributed by atoms with Crippen molar-refractivity contribution in [3.8, 4) is 0 Å². The summed E-state index contributed by atoms with van der Waals surface area (Å²) in [6, 6.07) is 6.73. The van der Waals surface area contributed by atoms with E-state index < -0.39 is 0 Å². The monoisotopic (exact) mass is 193 g/mol. The molecule has 4 nitrogen and oxygen atoms in total.